The Balaban J connectivity index is 1.53. The number of piperazine rings is 1. The van der Waals surface area contributed by atoms with Crippen LogP contribution in [0, 0.1) is 5.92 Å². The molecule has 0 spiro atoms. The number of rotatable bonds is 5. The number of hydrogen-bond donors (Lipinski definition) is 1. The van der Waals surface area contributed by atoms with Gasteiger partial charge in [-0.05, 0) is 18.1 Å². The zero-order valence-corrected chi connectivity index (χ0v) is 16.1. The monoisotopic (exact) mass is 390 g/mol. The second-order valence-electron chi connectivity index (χ2n) is 6.75. The summed E-state index contributed by atoms with van der Waals surface area (Å²) in [6, 6.07) is 3.30. The Morgan fingerprint density at radius 2 is 1.85 bits per heavy atom. The highest BCUT2D eigenvalue weighted by molar-refractivity contribution is 7.14. The maximum atomic E-state index is 12.6. The number of furan rings is 1. The Hall–Kier alpha value is -2.68. The van der Waals surface area contributed by atoms with Gasteiger partial charge in [-0.1, -0.05) is 13.8 Å². The zero-order chi connectivity index (χ0) is 19.4. The second-order valence-corrected chi connectivity index (χ2v) is 7.60. The van der Waals surface area contributed by atoms with E-state index in [0.29, 0.717) is 49.2 Å². The van der Waals surface area contributed by atoms with E-state index in [0.717, 1.165) is 0 Å². The van der Waals surface area contributed by atoms with Crippen molar-refractivity contribution < 1.29 is 18.8 Å². The predicted octanol–water partition coefficient (Wildman–Crippen LogP) is 2.32. The van der Waals surface area contributed by atoms with Gasteiger partial charge in [-0.3, -0.25) is 14.4 Å². The third kappa shape index (κ3) is 4.73. The molecule has 2 aromatic heterocycles. The van der Waals surface area contributed by atoms with Crippen molar-refractivity contribution >= 4 is 34.2 Å². The van der Waals surface area contributed by atoms with E-state index in [4.69, 9.17) is 4.42 Å². The molecule has 1 fully saturated rings. The smallest absolute Gasteiger partial charge is 0.289 e. The molecule has 3 amide bonds. The molecule has 8 nitrogen and oxygen atoms in total. The molecular formula is C18H22N4O4S. The second kappa shape index (κ2) is 8.34. The largest absolute Gasteiger partial charge is 0.459 e. The highest BCUT2D eigenvalue weighted by atomic mass is 32.1. The predicted molar refractivity (Wildman–Crippen MR) is 101 cm³/mol. The van der Waals surface area contributed by atoms with Gasteiger partial charge in [0.1, 0.15) is 5.69 Å². The standard InChI is InChI=1S/C18H22N4O4S/c1-12(2)10-15(23)20-18-19-13(11-27-18)16(24)21-5-7-22(8-6-21)17(25)14-4-3-9-26-14/h3-4,9,11-12H,5-8,10H2,1-2H3,(H,19,20,23). The van der Waals surface area contributed by atoms with Crippen LogP contribution in [0.5, 0.6) is 0 Å². The average Bonchev–Trinajstić information content (AvgIpc) is 3.32. The summed E-state index contributed by atoms with van der Waals surface area (Å²) < 4.78 is 5.14. The first-order valence-electron chi connectivity index (χ1n) is 8.81. The van der Waals surface area contributed by atoms with E-state index in [1.54, 1.807) is 27.3 Å². The number of aromatic nitrogens is 1. The molecule has 27 heavy (non-hydrogen) atoms. The van der Waals surface area contributed by atoms with Crippen LogP contribution in [0.2, 0.25) is 0 Å². The first-order valence-corrected chi connectivity index (χ1v) is 9.69. The van der Waals surface area contributed by atoms with Crippen LogP contribution in [0.1, 0.15) is 41.3 Å². The van der Waals surface area contributed by atoms with Crippen molar-refractivity contribution in [3.05, 3.63) is 35.2 Å². The molecular weight excluding hydrogens is 368 g/mol. The minimum Gasteiger partial charge on any atom is -0.459 e. The Kier molecular flexibility index (Phi) is 5.90. The van der Waals surface area contributed by atoms with Crippen molar-refractivity contribution in [1.82, 2.24) is 14.8 Å². The lowest BCUT2D eigenvalue weighted by molar-refractivity contribution is -0.116. The van der Waals surface area contributed by atoms with Gasteiger partial charge in [-0.25, -0.2) is 4.98 Å². The molecule has 0 aromatic carbocycles. The summed E-state index contributed by atoms with van der Waals surface area (Å²) in [5.41, 5.74) is 0.311. The Bertz CT molecular complexity index is 807. The minimum atomic E-state index is -0.194. The lowest BCUT2D eigenvalue weighted by Crippen LogP contribution is -2.50. The van der Waals surface area contributed by atoms with Crippen LogP contribution < -0.4 is 5.32 Å². The van der Waals surface area contributed by atoms with Gasteiger partial charge in [-0.15, -0.1) is 11.3 Å². The van der Waals surface area contributed by atoms with Crippen LogP contribution in [0.15, 0.2) is 28.2 Å². The number of carbonyl (C=O) groups is 3. The molecule has 1 saturated heterocycles. The van der Waals surface area contributed by atoms with Gasteiger partial charge >= 0.3 is 0 Å². The fourth-order valence-corrected chi connectivity index (χ4v) is 3.50. The average molecular weight is 390 g/mol. The van der Waals surface area contributed by atoms with Crippen molar-refractivity contribution in [2.24, 2.45) is 5.92 Å². The number of carbonyl (C=O) groups excluding carboxylic acids is 3. The molecule has 0 radical (unpaired) electrons. The van der Waals surface area contributed by atoms with Crippen LogP contribution in [0.25, 0.3) is 0 Å². The summed E-state index contributed by atoms with van der Waals surface area (Å²) in [5, 5.41) is 4.80. The van der Waals surface area contributed by atoms with Gasteiger partial charge in [0.15, 0.2) is 10.9 Å². The first kappa shape index (κ1) is 19.1. The lowest BCUT2D eigenvalue weighted by Gasteiger charge is -2.33. The van der Waals surface area contributed by atoms with Gasteiger partial charge in [0.25, 0.3) is 11.8 Å². The Morgan fingerprint density at radius 3 is 2.44 bits per heavy atom. The fraction of sp³-hybridized carbons (Fsp3) is 0.444. The summed E-state index contributed by atoms with van der Waals surface area (Å²) in [4.78, 5) is 44.3. The summed E-state index contributed by atoms with van der Waals surface area (Å²) in [6.45, 7) is 5.66. The molecule has 0 atom stereocenters. The van der Waals surface area contributed by atoms with Gasteiger partial charge in [0, 0.05) is 38.0 Å². The molecule has 0 aliphatic carbocycles. The van der Waals surface area contributed by atoms with E-state index in [9.17, 15) is 14.4 Å². The molecule has 9 heteroatoms. The number of nitrogens with zero attached hydrogens (tertiary/aromatic N) is 3. The molecule has 3 heterocycles. The van der Waals surface area contributed by atoms with Crippen molar-refractivity contribution in [3.8, 4) is 0 Å². The third-order valence-electron chi connectivity index (χ3n) is 4.15. The molecule has 1 aliphatic heterocycles. The van der Waals surface area contributed by atoms with Crippen molar-refractivity contribution in [2.45, 2.75) is 20.3 Å². The van der Waals surface area contributed by atoms with E-state index >= 15 is 0 Å². The number of hydrogen-bond acceptors (Lipinski definition) is 6. The summed E-state index contributed by atoms with van der Waals surface area (Å²) >= 11 is 1.23. The highest BCUT2D eigenvalue weighted by Gasteiger charge is 2.27. The van der Waals surface area contributed by atoms with Crippen LogP contribution in [-0.4, -0.2) is 58.7 Å². The van der Waals surface area contributed by atoms with E-state index in [-0.39, 0.29) is 23.6 Å². The van der Waals surface area contributed by atoms with Crippen LogP contribution in [0.4, 0.5) is 5.13 Å². The van der Waals surface area contributed by atoms with Crippen molar-refractivity contribution in [3.63, 3.8) is 0 Å². The minimum absolute atomic E-state index is 0.108. The van der Waals surface area contributed by atoms with Crippen LogP contribution in [0.3, 0.4) is 0 Å². The van der Waals surface area contributed by atoms with Crippen LogP contribution in [-0.2, 0) is 4.79 Å². The molecule has 1 N–H and O–H groups in total. The number of nitrogens with one attached hydrogen (secondary N) is 1. The SMILES string of the molecule is CC(C)CC(=O)Nc1nc(C(=O)N2CCN(C(=O)c3ccco3)CC2)cs1. The zero-order valence-electron chi connectivity index (χ0n) is 15.3. The number of thiazole rings is 1. The topological polar surface area (TPSA) is 95.8 Å². The van der Waals surface area contributed by atoms with Gasteiger partial charge in [-0.2, -0.15) is 0 Å². The summed E-state index contributed by atoms with van der Waals surface area (Å²) in [7, 11) is 0. The summed E-state index contributed by atoms with van der Waals surface area (Å²) in [6.07, 6.45) is 1.88. The van der Waals surface area contributed by atoms with E-state index < -0.39 is 0 Å². The van der Waals surface area contributed by atoms with Gasteiger partial charge < -0.3 is 19.5 Å². The molecule has 1 aliphatic rings. The molecule has 144 valence electrons. The maximum Gasteiger partial charge on any atom is 0.289 e. The molecule has 0 bridgehead atoms. The number of amides is 3. The molecule has 0 unspecified atom stereocenters. The quantitative estimate of drug-likeness (QED) is 0.845. The maximum absolute atomic E-state index is 12.6. The molecule has 2 aromatic rings. The van der Waals surface area contributed by atoms with Crippen molar-refractivity contribution in [1.29, 1.82) is 0 Å². The Labute approximate surface area is 161 Å². The highest BCUT2D eigenvalue weighted by Crippen LogP contribution is 2.19. The fourth-order valence-electron chi connectivity index (χ4n) is 2.80. The van der Waals surface area contributed by atoms with E-state index in [1.165, 1.54) is 17.6 Å². The molecule has 3 rings (SSSR count). The van der Waals surface area contributed by atoms with Crippen LogP contribution >= 0.6 is 11.3 Å². The van der Waals surface area contributed by atoms with Gasteiger partial charge in [0.2, 0.25) is 5.91 Å². The lowest BCUT2D eigenvalue weighted by atomic mass is 10.1. The molecule has 0 saturated carbocycles. The van der Waals surface area contributed by atoms with E-state index in [1.807, 2.05) is 13.8 Å². The third-order valence-corrected chi connectivity index (χ3v) is 4.91. The van der Waals surface area contributed by atoms with Crippen molar-refractivity contribution in [2.75, 3.05) is 31.5 Å². The van der Waals surface area contributed by atoms with Gasteiger partial charge in [0.05, 0.1) is 6.26 Å². The summed E-state index contributed by atoms with van der Waals surface area (Å²) in [5.74, 6) is 0.0855. The van der Waals surface area contributed by atoms with E-state index in [2.05, 4.69) is 10.3 Å². The number of anilines is 1. The Morgan fingerprint density at radius 1 is 1.19 bits per heavy atom. The first-order chi connectivity index (χ1) is 12.9. The normalized spacial score (nSPS) is 14.5.